The number of nitrogens with two attached hydrogens (primary N) is 1. The van der Waals surface area contributed by atoms with Crippen LogP contribution in [0.15, 0.2) is 5.10 Å². The van der Waals surface area contributed by atoms with Crippen LogP contribution in [0.1, 0.15) is 0 Å². The van der Waals surface area contributed by atoms with E-state index in [4.69, 9.17) is 5.73 Å². The Kier molecular flexibility index (Phi) is 3.31. The molecule has 0 atom stereocenters. The van der Waals surface area contributed by atoms with Crippen LogP contribution in [0.4, 0.5) is 0 Å². The minimum Gasteiger partial charge on any atom is -0.362 e. The van der Waals surface area contributed by atoms with Crippen molar-refractivity contribution in [1.82, 2.24) is 5.48 Å². The van der Waals surface area contributed by atoms with Crippen LogP contribution >= 0.6 is 0 Å². The number of hydroxylamine groups is 1. The van der Waals surface area contributed by atoms with Gasteiger partial charge in [0.15, 0.2) is 5.03 Å². The summed E-state index contributed by atoms with van der Waals surface area (Å²) in [5.41, 5.74) is 6.46. The van der Waals surface area contributed by atoms with Crippen LogP contribution in [0, 0.1) is 10.1 Å². The minimum absolute atomic E-state index is 0.0162. The fraction of sp³-hybridized carbons (Fsp3) is 0. The predicted octanol–water partition coefficient (Wildman–Crippen LogP) is -1.83. The molecule has 10 heavy (non-hydrogen) atoms. The van der Waals surface area contributed by atoms with Crippen LogP contribution in [0.25, 0.3) is 0 Å². The van der Waals surface area contributed by atoms with Gasteiger partial charge in [0.1, 0.15) is 5.10 Å². The normalized spacial score (nSPS) is 10.2. The van der Waals surface area contributed by atoms with E-state index in [1.165, 1.54) is 0 Å². The molecular formula is C2H4N4O4. The van der Waals surface area contributed by atoms with Gasteiger partial charge in [-0.2, -0.15) is 5.48 Å². The van der Waals surface area contributed by atoms with Gasteiger partial charge in [-0.3, -0.25) is 4.79 Å². The molecule has 0 saturated carbocycles. The van der Waals surface area contributed by atoms with E-state index in [1.54, 1.807) is 5.48 Å². The van der Waals surface area contributed by atoms with Crippen molar-refractivity contribution in [3.63, 3.8) is 0 Å². The number of nitro groups is 1. The molecule has 0 aliphatic heterocycles. The van der Waals surface area contributed by atoms with E-state index in [2.05, 4.69) is 9.94 Å². The maximum Gasteiger partial charge on any atom is 0.320 e. The van der Waals surface area contributed by atoms with Crippen molar-refractivity contribution in [3.05, 3.63) is 10.1 Å². The van der Waals surface area contributed by atoms with E-state index in [9.17, 15) is 14.9 Å². The molecule has 0 rings (SSSR count). The average Bonchev–Trinajstić information content (AvgIpc) is 1.82. The second kappa shape index (κ2) is 4.06. The third-order valence-electron chi connectivity index (χ3n) is 0.401. The highest BCUT2D eigenvalue weighted by atomic mass is 16.7. The van der Waals surface area contributed by atoms with Gasteiger partial charge in [0.25, 0.3) is 5.96 Å². The molecule has 0 fully saturated rings. The van der Waals surface area contributed by atoms with E-state index < -0.39 is 11.0 Å². The predicted molar refractivity (Wildman–Crippen MR) is 28.9 cm³/mol. The number of nitrogens with zero attached hydrogens (tertiary/aromatic N) is 2. The zero-order valence-electron chi connectivity index (χ0n) is 4.68. The molecule has 0 bridgehead atoms. The zero-order chi connectivity index (χ0) is 7.98. The maximum atomic E-state index is 9.53. The summed E-state index contributed by atoms with van der Waals surface area (Å²) in [5, 5.41) is 11.0. The summed E-state index contributed by atoms with van der Waals surface area (Å²) in [6.45, 7) is 0.0162. The second-order valence-corrected chi connectivity index (χ2v) is 1.04. The highest BCUT2D eigenvalue weighted by Crippen LogP contribution is 1.67. The van der Waals surface area contributed by atoms with Crippen molar-refractivity contribution in [2.45, 2.75) is 0 Å². The quantitative estimate of drug-likeness (QED) is 0.160. The first-order chi connectivity index (χ1) is 4.66. The number of carbonyl (C=O) groups is 1. The molecule has 0 aliphatic carbocycles. The van der Waals surface area contributed by atoms with Gasteiger partial charge in [0.05, 0.1) is 0 Å². The van der Waals surface area contributed by atoms with Gasteiger partial charge in [-0.05, 0) is 0 Å². The Morgan fingerprint density at radius 3 is 2.90 bits per heavy atom. The topological polar surface area (TPSA) is 120 Å². The molecule has 56 valence electrons. The molecule has 0 unspecified atom stereocenters. The summed E-state index contributed by atoms with van der Waals surface area (Å²) in [6, 6.07) is 0. The fourth-order valence-corrected chi connectivity index (χ4v) is 0.193. The summed E-state index contributed by atoms with van der Waals surface area (Å²) in [6.07, 6.45) is 0. The Hall–Kier alpha value is -1.86. The molecule has 0 aromatic carbocycles. The largest absolute Gasteiger partial charge is 0.362 e. The molecule has 3 N–H and O–H groups in total. The van der Waals surface area contributed by atoms with Crippen molar-refractivity contribution in [2.75, 3.05) is 0 Å². The molecule has 0 aliphatic rings. The van der Waals surface area contributed by atoms with Gasteiger partial charge in [0.2, 0.25) is 0 Å². The first-order valence-corrected chi connectivity index (χ1v) is 2.00. The van der Waals surface area contributed by atoms with Crippen molar-refractivity contribution >= 4 is 12.4 Å². The molecule has 0 aromatic rings. The number of rotatable bonds is 3. The Morgan fingerprint density at radius 2 is 2.50 bits per heavy atom. The highest BCUT2D eigenvalue weighted by Gasteiger charge is 1.95. The first-order valence-electron chi connectivity index (χ1n) is 2.00. The summed E-state index contributed by atoms with van der Waals surface area (Å²) < 4.78 is 0. The lowest BCUT2D eigenvalue weighted by molar-refractivity contribution is -0.485. The van der Waals surface area contributed by atoms with E-state index >= 15 is 0 Å². The molecule has 0 heterocycles. The molecule has 8 nitrogen and oxygen atoms in total. The number of hydrazone groups is 1. The van der Waals surface area contributed by atoms with Crippen LogP contribution in [0.2, 0.25) is 0 Å². The second-order valence-electron chi connectivity index (χ2n) is 1.04. The Balaban J connectivity index is 3.70. The van der Waals surface area contributed by atoms with Crippen LogP contribution in [0.3, 0.4) is 0 Å². The van der Waals surface area contributed by atoms with Gasteiger partial charge >= 0.3 is 6.47 Å². The molecule has 0 saturated heterocycles. The van der Waals surface area contributed by atoms with Crippen LogP contribution in [-0.2, 0) is 9.63 Å². The average molecular weight is 148 g/mol. The standard InChI is InChI=1S/C2H4N4O4/c3-2(4-6(8)9)5-10-1-7/h1H,(H3,3,4,5). The first kappa shape index (κ1) is 8.14. The highest BCUT2D eigenvalue weighted by molar-refractivity contribution is 5.76. The maximum absolute atomic E-state index is 9.53. The van der Waals surface area contributed by atoms with E-state index in [1.807, 2.05) is 0 Å². The summed E-state index contributed by atoms with van der Waals surface area (Å²) >= 11 is 0. The monoisotopic (exact) mass is 148 g/mol. The van der Waals surface area contributed by atoms with Gasteiger partial charge in [-0.1, -0.05) is 0 Å². The number of guanidine groups is 1. The number of nitrogens with one attached hydrogen (secondary N) is 1. The van der Waals surface area contributed by atoms with E-state index in [-0.39, 0.29) is 6.47 Å². The third kappa shape index (κ3) is 4.30. The van der Waals surface area contributed by atoms with Gasteiger partial charge in [-0.25, -0.2) is 10.1 Å². The van der Waals surface area contributed by atoms with Crippen LogP contribution < -0.4 is 11.2 Å². The number of carbonyl (C=O) groups excluding carboxylic acids is 1. The van der Waals surface area contributed by atoms with Crippen molar-refractivity contribution in [3.8, 4) is 0 Å². The van der Waals surface area contributed by atoms with Gasteiger partial charge in [-0.15, -0.1) is 0 Å². The van der Waals surface area contributed by atoms with Crippen molar-refractivity contribution in [2.24, 2.45) is 10.8 Å². The molecule has 0 radical (unpaired) electrons. The Morgan fingerprint density at radius 1 is 1.90 bits per heavy atom. The summed E-state index contributed by atoms with van der Waals surface area (Å²) in [4.78, 5) is 22.8. The molecule has 8 heteroatoms. The molecule has 0 aromatic heterocycles. The smallest absolute Gasteiger partial charge is 0.320 e. The zero-order valence-corrected chi connectivity index (χ0v) is 4.68. The molecular weight excluding hydrogens is 144 g/mol. The lowest BCUT2D eigenvalue weighted by atomic mass is 11.1. The third-order valence-corrected chi connectivity index (χ3v) is 0.401. The van der Waals surface area contributed by atoms with Crippen LogP contribution in [-0.4, -0.2) is 17.5 Å². The fourth-order valence-electron chi connectivity index (χ4n) is 0.193. The van der Waals surface area contributed by atoms with E-state index in [0.717, 1.165) is 0 Å². The van der Waals surface area contributed by atoms with E-state index in [0.29, 0.717) is 0 Å². The summed E-state index contributed by atoms with van der Waals surface area (Å²) in [5.74, 6) is -0.600. The lowest BCUT2D eigenvalue weighted by Gasteiger charge is -1.94. The minimum atomic E-state index is -1.03. The molecule has 0 amide bonds. The summed E-state index contributed by atoms with van der Waals surface area (Å²) in [7, 11) is 0. The Bertz CT molecular complexity index is 165. The SMILES string of the molecule is NC(=N[N+](=O)[O-])NOC=O. The molecule has 0 spiro atoms. The Labute approximate surface area is 54.7 Å². The number of hydrogen-bond donors (Lipinski definition) is 2. The lowest BCUT2D eigenvalue weighted by Crippen LogP contribution is -2.32. The number of hydrogen-bond acceptors (Lipinski definition) is 4. The van der Waals surface area contributed by atoms with Gasteiger partial charge in [0, 0.05) is 0 Å². The van der Waals surface area contributed by atoms with Crippen molar-refractivity contribution < 1.29 is 14.7 Å². The van der Waals surface area contributed by atoms with Crippen molar-refractivity contribution in [1.29, 1.82) is 0 Å². The van der Waals surface area contributed by atoms with Gasteiger partial charge < -0.3 is 10.6 Å². The van der Waals surface area contributed by atoms with Crippen LogP contribution in [0.5, 0.6) is 0 Å².